The second-order valence-corrected chi connectivity index (χ2v) is 6.31. The van der Waals surface area contributed by atoms with Gasteiger partial charge < -0.3 is 10.2 Å². The maximum absolute atomic E-state index is 3.71. The lowest BCUT2D eigenvalue weighted by atomic mass is 9.98. The van der Waals surface area contributed by atoms with Gasteiger partial charge in [-0.15, -0.1) is 0 Å². The molecule has 1 unspecified atom stereocenters. The molecule has 0 radical (unpaired) electrons. The molecule has 0 aromatic heterocycles. The highest BCUT2D eigenvalue weighted by atomic mass is 15.1. The lowest BCUT2D eigenvalue weighted by Crippen LogP contribution is -2.30. The van der Waals surface area contributed by atoms with Crippen LogP contribution in [0.3, 0.4) is 0 Å². The van der Waals surface area contributed by atoms with E-state index in [0.717, 1.165) is 19.0 Å². The van der Waals surface area contributed by atoms with Crippen LogP contribution in [0.5, 0.6) is 0 Å². The minimum atomic E-state index is 0.478. The molecule has 1 aromatic rings. The van der Waals surface area contributed by atoms with E-state index in [2.05, 4.69) is 69.2 Å². The zero-order valence-electron chi connectivity index (χ0n) is 13.9. The second-order valence-electron chi connectivity index (χ2n) is 6.31. The molecule has 0 spiro atoms. The highest BCUT2D eigenvalue weighted by Gasteiger charge is 2.13. The van der Waals surface area contributed by atoms with Crippen LogP contribution < -0.4 is 5.32 Å². The van der Waals surface area contributed by atoms with Crippen molar-refractivity contribution in [1.29, 1.82) is 0 Å². The van der Waals surface area contributed by atoms with Gasteiger partial charge in [-0.2, -0.15) is 0 Å². The molecule has 0 fully saturated rings. The van der Waals surface area contributed by atoms with Gasteiger partial charge in [0, 0.05) is 12.6 Å². The molecular formula is C18H32N2. The Morgan fingerprint density at radius 2 is 1.90 bits per heavy atom. The number of hydrogen-bond acceptors (Lipinski definition) is 2. The van der Waals surface area contributed by atoms with Gasteiger partial charge in [-0.05, 0) is 56.9 Å². The van der Waals surface area contributed by atoms with Crippen LogP contribution in [0.15, 0.2) is 24.3 Å². The number of benzene rings is 1. The molecule has 0 heterocycles. The maximum Gasteiger partial charge on any atom is 0.0335 e. The molecule has 1 rings (SSSR count). The number of rotatable bonds is 9. The van der Waals surface area contributed by atoms with Crippen LogP contribution in [0, 0.1) is 12.8 Å². The van der Waals surface area contributed by atoms with Crippen LogP contribution in [0.2, 0.25) is 0 Å². The molecule has 2 heteroatoms. The maximum atomic E-state index is 3.71. The molecule has 0 amide bonds. The molecule has 1 atom stereocenters. The summed E-state index contributed by atoms with van der Waals surface area (Å²) in [5.74, 6) is 0.737. The predicted molar refractivity (Wildman–Crippen MR) is 89.2 cm³/mol. The van der Waals surface area contributed by atoms with Crippen molar-refractivity contribution in [3.05, 3.63) is 35.4 Å². The summed E-state index contributed by atoms with van der Waals surface area (Å²) in [5.41, 5.74) is 2.85. The Morgan fingerprint density at radius 1 is 1.20 bits per heavy atom. The minimum absolute atomic E-state index is 0.478. The Bertz CT molecular complexity index is 373. The van der Waals surface area contributed by atoms with E-state index >= 15 is 0 Å². The highest BCUT2D eigenvalue weighted by Crippen LogP contribution is 2.21. The molecule has 2 nitrogen and oxygen atoms in total. The van der Waals surface area contributed by atoms with Gasteiger partial charge in [-0.1, -0.05) is 45.0 Å². The molecule has 0 aliphatic carbocycles. The standard InChI is InChI=1S/C18H32N2/c1-6-12-19-18(11-13-20(5)14-15(2)3)17-10-8-7-9-16(17)4/h7-10,15,18-19H,6,11-14H2,1-5H3. The summed E-state index contributed by atoms with van der Waals surface area (Å²) in [4.78, 5) is 2.45. The molecule has 1 N–H and O–H groups in total. The van der Waals surface area contributed by atoms with E-state index in [1.54, 1.807) is 0 Å². The van der Waals surface area contributed by atoms with Crippen molar-refractivity contribution in [2.24, 2.45) is 5.92 Å². The van der Waals surface area contributed by atoms with Crippen LogP contribution in [-0.2, 0) is 0 Å². The van der Waals surface area contributed by atoms with Crippen molar-refractivity contribution in [2.45, 2.75) is 46.6 Å². The average molecular weight is 276 g/mol. The fourth-order valence-corrected chi connectivity index (χ4v) is 2.73. The smallest absolute Gasteiger partial charge is 0.0335 e. The number of hydrogen-bond donors (Lipinski definition) is 1. The van der Waals surface area contributed by atoms with Crippen LogP contribution in [0.25, 0.3) is 0 Å². The molecule has 0 saturated carbocycles. The van der Waals surface area contributed by atoms with E-state index < -0.39 is 0 Å². The van der Waals surface area contributed by atoms with E-state index in [4.69, 9.17) is 0 Å². The van der Waals surface area contributed by atoms with Crippen LogP contribution in [-0.4, -0.2) is 31.6 Å². The normalized spacial score (nSPS) is 13.2. The Hall–Kier alpha value is -0.860. The number of aryl methyl sites for hydroxylation is 1. The van der Waals surface area contributed by atoms with Crippen molar-refractivity contribution in [3.8, 4) is 0 Å². The largest absolute Gasteiger partial charge is 0.310 e. The molecular weight excluding hydrogens is 244 g/mol. The van der Waals surface area contributed by atoms with Crippen LogP contribution in [0.1, 0.15) is 50.8 Å². The zero-order valence-corrected chi connectivity index (χ0v) is 13.9. The number of nitrogens with zero attached hydrogens (tertiary/aromatic N) is 1. The minimum Gasteiger partial charge on any atom is -0.310 e. The first kappa shape index (κ1) is 17.2. The first-order valence-electron chi connectivity index (χ1n) is 8.02. The van der Waals surface area contributed by atoms with E-state index in [1.807, 2.05) is 0 Å². The third kappa shape index (κ3) is 6.06. The van der Waals surface area contributed by atoms with Gasteiger partial charge in [0.05, 0.1) is 0 Å². The molecule has 0 bridgehead atoms. The van der Waals surface area contributed by atoms with Crippen LogP contribution in [0.4, 0.5) is 0 Å². The van der Waals surface area contributed by atoms with Crippen molar-refractivity contribution in [2.75, 3.05) is 26.7 Å². The summed E-state index contributed by atoms with van der Waals surface area (Å²) in [5, 5.41) is 3.71. The summed E-state index contributed by atoms with van der Waals surface area (Å²) < 4.78 is 0. The second kappa shape index (κ2) is 9.15. The zero-order chi connectivity index (χ0) is 15.0. The van der Waals surface area contributed by atoms with Crippen molar-refractivity contribution < 1.29 is 0 Å². The Labute approximate surface area is 125 Å². The Kier molecular flexibility index (Phi) is 7.86. The summed E-state index contributed by atoms with van der Waals surface area (Å²) >= 11 is 0. The predicted octanol–water partition coefficient (Wildman–Crippen LogP) is 4.01. The van der Waals surface area contributed by atoms with E-state index in [1.165, 1.54) is 30.5 Å². The van der Waals surface area contributed by atoms with Gasteiger partial charge in [0.2, 0.25) is 0 Å². The molecule has 0 aliphatic heterocycles. The third-order valence-corrected chi connectivity index (χ3v) is 3.68. The SMILES string of the molecule is CCCNC(CCN(C)CC(C)C)c1ccccc1C. The molecule has 0 aliphatic rings. The van der Waals surface area contributed by atoms with E-state index in [9.17, 15) is 0 Å². The van der Waals surface area contributed by atoms with Gasteiger partial charge in [0.1, 0.15) is 0 Å². The summed E-state index contributed by atoms with van der Waals surface area (Å²) in [6, 6.07) is 9.24. The van der Waals surface area contributed by atoms with Crippen molar-refractivity contribution in [1.82, 2.24) is 10.2 Å². The van der Waals surface area contributed by atoms with Gasteiger partial charge in [-0.25, -0.2) is 0 Å². The Morgan fingerprint density at radius 3 is 2.50 bits per heavy atom. The summed E-state index contributed by atoms with van der Waals surface area (Å²) in [7, 11) is 2.23. The Balaban J connectivity index is 2.63. The van der Waals surface area contributed by atoms with Crippen LogP contribution >= 0.6 is 0 Å². The summed E-state index contributed by atoms with van der Waals surface area (Å²) in [6.45, 7) is 12.4. The first-order chi connectivity index (χ1) is 9.54. The number of nitrogens with one attached hydrogen (secondary N) is 1. The van der Waals surface area contributed by atoms with Gasteiger partial charge >= 0.3 is 0 Å². The lowest BCUT2D eigenvalue weighted by Gasteiger charge is -2.25. The molecule has 0 saturated heterocycles. The van der Waals surface area contributed by atoms with Gasteiger partial charge in [0.15, 0.2) is 0 Å². The molecule has 20 heavy (non-hydrogen) atoms. The quantitative estimate of drug-likeness (QED) is 0.733. The average Bonchev–Trinajstić information content (AvgIpc) is 2.39. The third-order valence-electron chi connectivity index (χ3n) is 3.68. The summed E-state index contributed by atoms with van der Waals surface area (Å²) in [6.07, 6.45) is 2.36. The van der Waals surface area contributed by atoms with E-state index in [0.29, 0.717) is 6.04 Å². The fourth-order valence-electron chi connectivity index (χ4n) is 2.73. The van der Waals surface area contributed by atoms with Gasteiger partial charge in [-0.3, -0.25) is 0 Å². The lowest BCUT2D eigenvalue weighted by molar-refractivity contribution is 0.276. The molecule has 1 aromatic carbocycles. The topological polar surface area (TPSA) is 15.3 Å². The van der Waals surface area contributed by atoms with E-state index in [-0.39, 0.29) is 0 Å². The highest BCUT2D eigenvalue weighted by molar-refractivity contribution is 5.28. The van der Waals surface area contributed by atoms with Gasteiger partial charge in [0.25, 0.3) is 0 Å². The monoisotopic (exact) mass is 276 g/mol. The van der Waals surface area contributed by atoms with Crippen molar-refractivity contribution in [3.63, 3.8) is 0 Å². The van der Waals surface area contributed by atoms with Crippen molar-refractivity contribution >= 4 is 0 Å². The first-order valence-corrected chi connectivity index (χ1v) is 8.02. The fraction of sp³-hybridized carbons (Fsp3) is 0.667. The molecule has 114 valence electrons.